The van der Waals surface area contributed by atoms with Crippen molar-refractivity contribution in [2.45, 2.75) is 0 Å². The second-order valence-corrected chi connectivity index (χ2v) is 19.8. The normalized spacial score (nSPS) is 12.2. The average Bonchev–Trinajstić information content (AvgIpc) is 4.35. The molecule has 11 aromatic carbocycles. The number of nitriles is 1. The molecular formula is C68H36N6O2. The van der Waals surface area contributed by atoms with E-state index in [0.717, 1.165) is 121 Å². The van der Waals surface area contributed by atoms with Gasteiger partial charge in [-0.2, -0.15) is 5.26 Å². The van der Waals surface area contributed by atoms with E-state index in [9.17, 15) is 5.26 Å². The maximum Gasteiger partial charge on any atom is 0.212 e. The third kappa shape index (κ3) is 5.28. The quantitative estimate of drug-likeness (QED) is 0.165. The van der Waals surface area contributed by atoms with Crippen molar-refractivity contribution >= 4 is 137 Å². The molecule has 17 aromatic rings. The molecule has 0 radical (unpaired) electrons. The lowest BCUT2D eigenvalue weighted by Crippen LogP contribution is -2.02. The van der Waals surface area contributed by atoms with Crippen molar-refractivity contribution in [3.63, 3.8) is 0 Å². The van der Waals surface area contributed by atoms with Gasteiger partial charge in [0.2, 0.25) is 5.69 Å². The molecule has 8 heteroatoms. The number of furan rings is 2. The first-order chi connectivity index (χ1) is 37.6. The van der Waals surface area contributed by atoms with E-state index in [-0.39, 0.29) is 0 Å². The molecule has 350 valence electrons. The Bertz CT molecular complexity index is 5080. The summed E-state index contributed by atoms with van der Waals surface area (Å²) < 4.78 is 22.8. The SMILES string of the molecule is [C-]#[N+]c1cc(C#N)c(-n2c3ccc(-n4c5ccccc5c5ccccc54)cc3c3c4oc5ccccc5c4ccc32)cc1-n1c2ccc(-n3c4ccccc4c4ccccc43)cc2c2c3oc4ccccc4c3ccc21. The van der Waals surface area contributed by atoms with Crippen molar-refractivity contribution < 1.29 is 8.83 Å². The van der Waals surface area contributed by atoms with Gasteiger partial charge >= 0.3 is 0 Å². The molecule has 17 rings (SSSR count). The topological polar surface area (TPSA) is 74.2 Å². The van der Waals surface area contributed by atoms with Crippen molar-refractivity contribution in [3.05, 3.63) is 235 Å². The van der Waals surface area contributed by atoms with E-state index in [1.807, 2.05) is 42.5 Å². The summed E-state index contributed by atoms with van der Waals surface area (Å²) in [4.78, 5) is 4.20. The van der Waals surface area contributed by atoms with Crippen LogP contribution in [0, 0.1) is 17.9 Å². The van der Waals surface area contributed by atoms with Gasteiger partial charge in [-0.25, -0.2) is 4.85 Å². The molecule has 6 aromatic heterocycles. The van der Waals surface area contributed by atoms with E-state index in [1.54, 1.807) is 6.07 Å². The summed E-state index contributed by atoms with van der Waals surface area (Å²) in [5, 5.41) is 23.9. The van der Waals surface area contributed by atoms with Crippen molar-refractivity contribution in [1.82, 2.24) is 18.3 Å². The number of nitrogens with zero attached hydrogens (tertiary/aromatic N) is 6. The van der Waals surface area contributed by atoms with Gasteiger partial charge in [0.05, 0.1) is 84.5 Å². The molecule has 0 N–H and O–H groups in total. The van der Waals surface area contributed by atoms with E-state index in [2.05, 4.69) is 199 Å². The average molecular weight is 969 g/mol. The number of fused-ring (bicyclic) bond motifs is 20. The van der Waals surface area contributed by atoms with Gasteiger partial charge in [-0.05, 0) is 109 Å². The predicted octanol–water partition coefficient (Wildman–Crippen LogP) is 18.3. The monoisotopic (exact) mass is 968 g/mol. The smallest absolute Gasteiger partial charge is 0.212 e. The molecule has 0 saturated heterocycles. The van der Waals surface area contributed by atoms with Gasteiger partial charge in [-0.15, -0.1) is 0 Å². The second kappa shape index (κ2) is 14.9. The summed E-state index contributed by atoms with van der Waals surface area (Å²) in [6.07, 6.45) is 0. The van der Waals surface area contributed by atoms with E-state index in [0.29, 0.717) is 22.6 Å². The molecule has 0 fully saturated rings. The largest absolute Gasteiger partial charge is 0.455 e. The Kier molecular flexibility index (Phi) is 7.99. The molecular weight excluding hydrogens is 933 g/mol. The highest BCUT2D eigenvalue weighted by Crippen LogP contribution is 2.47. The van der Waals surface area contributed by atoms with Crippen LogP contribution < -0.4 is 0 Å². The maximum atomic E-state index is 11.2. The predicted molar refractivity (Wildman–Crippen MR) is 309 cm³/mol. The highest BCUT2D eigenvalue weighted by Gasteiger charge is 2.26. The molecule has 0 atom stereocenters. The van der Waals surface area contributed by atoms with Crippen LogP contribution in [0.3, 0.4) is 0 Å². The van der Waals surface area contributed by atoms with Crippen LogP contribution in [0.1, 0.15) is 5.56 Å². The molecule has 76 heavy (non-hydrogen) atoms. The fourth-order valence-electron chi connectivity index (χ4n) is 12.9. The molecule has 0 saturated carbocycles. The van der Waals surface area contributed by atoms with Crippen LogP contribution >= 0.6 is 0 Å². The summed E-state index contributed by atoms with van der Waals surface area (Å²) in [6, 6.07) is 78.7. The zero-order valence-corrected chi connectivity index (χ0v) is 40.3. The molecule has 6 heterocycles. The van der Waals surface area contributed by atoms with Gasteiger partial charge in [0, 0.05) is 65.2 Å². The standard InChI is InChI=1S/C68H36N6O2/c1-70-52-34-39(38-69)61(73-57-30-26-40(71-53-20-8-2-14-42(53)43-15-3-9-21-54(43)71)35-50(57)65-59(73)32-28-48-46-18-6-12-24-63(46)75-67(48)65)37-62(52)74-58-31-27-41(72-55-22-10-4-16-44(55)45-17-5-11-23-56(45)72)36-51(58)66-60(74)33-29-49-47-19-7-13-25-64(47)76-68(49)66/h2-37H. The first kappa shape index (κ1) is 40.8. The molecule has 0 aliphatic rings. The number of rotatable bonds is 4. The minimum absolute atomic E-state index is 0.351. The van der Waals surface area contributed by atoms with Crippen LogP contribution in [0.2, 0.25) is 0 Å². The van der Waals surface area contributed by atoms with Crippen LogP contribution in [-0.4, -0.2) is 18.3 Å². The number of aromatic nitrogens is 4. The highest BCUT2D eigenvalue weighted by molar-refractivity contribution is 6.26. The molecule has 8 nitrogen and oxygen atoms in total. The Hall–Kier alpha value is -10.8. The Morgan fingerprint density at radius 1 is 0.342 bits per heavy atom. The third-order valence-electron chi connectivity index (χ3n) is 16.0. The van der Waals surface area contributed by atoms with Gasteiger partial charge in [0.1, 0.15) is 22.3 Å². The molecule has 0 aliphatic carbocycles. The Morgan fingerprint density at radius 3 is 1.16 bits per heavy atom. The second-order valence-electron chi connectivity index (χ2n) is 19.8. The van der Waals surface area contributed by atoms with Gasteiger partial charge < -0.3 is 27.1 Å². The fraction of sp³-hybridized carbons (Fsp3) is 0. The van der Waals surface area contributed by atoms with E-state index in [4.69, 9.17) is 15.4 Å². The molecule has 0 aliphatic heterocycles. The first-order valence-electron chi connectivity index (χ1n) is 25.3. The van der Waals surface area contributed by atoms with Crippen molar-refractivity contribution in [2.24, 2.45) is 0 Å². The lowest BCUT2D eigenvalue weighted by Gasteiger charge is -2.16. The Morgan fingerprint density at radius 2 is 0.724 bits per heavy atom. The summed E-state index contributed by atoms with van der Waals surface area (Å²) >= 11 is 0. The summed E-state index contributed by atoms with van der Waals surface area (Å²) in [7, 11) is 0. The van der Waals surface area contributed by atoms with Crippen molar-refractivity contribution in [1.29, 1.82) is 5.26 Å². The molecule has 0 spiro atoms. The van der Waals surface area contributed by atoms with Crippen LogP contribution in [0.25, 0.3) is 159 Å². The van der Waals surface area contributed by atoms with E-state index < -0.39 is 0 Å². The van der Waals surface area contributed by atoms with Crippen molar-refractivity contribution in [3.8, 4) is 28.8 Å². The lowest BCUT2D eigenvalue weighted by molar-refractivity contribution is 0.672. The number of hydrogen-bond acceptors (Lipinski definition) is 3. The van der Waals surface area contributed by atoms with Gasteiger partial charge in [-0.1, -0.05) is 109 Å². The summed E-state index contributed by atoms with van der Waals surface area (Å²) in [5.41, 5.74) is 15.2. The highest BCUT2D eigenvalue weighted by atomic mass is 16.3. The maximum absolute atomic E-state index is 11.2. The molecule has 0 amide bonds. The number of benzene rings is 11. The van der Waals surface area contributed by atoms with Gasteiger partial charge in [0.15, 0.2) is 0 Å². The molecule has 0 bridgehead atoms. The lowest BCUT2D eigenvalue weighted by atomic mass is 10.1. The van der Waals surface area contributed by atoms with Crippen LogP contribution in [0.15, 0.2) is 227 Å². The molecule has 0 unspecified atom stereocenters. The fourth-order valence-corrected chi connectivity index (χ4v) is 12.9. The van der Waals surface area contributed by atoms with Crippen LogP contribution in [-0.2, 0) is 0 Å². The zero-order valence-electron chi connectivity index (χ0n) is 40.3. The zero-order chi connectivity index (χ0) is 49.9. The van der Waals surface area contributed by atoms with Gasteiger partial charge in [-0.3, -0.25) is 0 Å². The van der Waals surface area contributed by atoms with Gasteiger partial charge in [0.25, 0.3) is 0 Å². The summed E-state index contributed by atoms with van der Waals surface area (Å²) in [5.74, 6) is 0. The Balaban J connectivity index is 0.974. The van der Waals surface area contributed by atoms with E-state index in [1.165, 1.54) is 21.5 Å². The number of para-hydroxylation sites is 6. The summed E-state index contributed by atoms with van der Waals surface area (Å²) in [6.45, 7) is 8.78. The minimum Gasteiger partial charge on any atom is -0.455 e. The Labute approximate surface area is 431 Å². The third-order valence-corrected chi connectivity index (χ3v) is 16.0. The number of hydrogen-bond donors (Lipinski definition) is 0. The van der Waals surface area contributed by atoms with Crippen LogP contribution in [0.4, 0.5) is 5.69 Å². The first-order valence-corrected chi connectivity index (χ1v) is 25.3. The van der Waals surface area contributed by atoms with Crippen molar-refractivity contribution in [2.75, 3.05) is 0 Å². The van der Waals surface area contributed by atoms with E-state index >= 15 is 0 Å². The minimum atomic E-state index is 0.351. The van der Waals surface area contributed by atoms with Crippen LogP contribution in [0.5, 0.6) is 0 Å².